The Balaban J connectivity index is 0.000000215. The SMILES string of the molecule is NCc1cnc(N2CCC(c3cc(Cl)c(Cl)c(Cl)c3)(C(F)(F)F)C2)nc1C(F)(F)F.O=C1c2ccccc2C(=O)N1Cc1cnc(N2CCC(c3cc(Cl)c(Cl)c(Cl)c3)(C(F)(F)F)C2)nc1C(F)(F)F. The van der Waals surface area contributed by atoms with E-state index in [-0.39, 0.29) is 71.0 Å². The molecule has 2 fully saturated rings. The Kier molecular flexibility index (Phi) is 14.5. The number of hydrogen-bond donors (Lipinski definition) is 1. The number of hydrogen-bond acceptors (Lipinski definition) is 9. The standard InChI is InChI=1S/C25H15Cl3F6N4O2.C17H13Cl3F6N4/c26-16-7-13(8-17(27)18(16)28)23(25(32,33)34)5-6-37(11-23)22-35-9-12(19(36-22)24(29,30)31)10-38-20(39)14-3-1-2-4-15(14)21(38)40;18-10-3-9(4-11(19)12(10)20)15(17(24,25)26)1-2-30(7-15)14-28-6-8(5-27)13(29-14)16(21,22)23/h1-4,7-9H,5-6,10-11H2;3-4,6H,1-2,5,7,27H2. The molecule has 8 rings (SSSR count). The predicted octanol–water partition coefficient (Wildman–Crippen LogP) is 12.6. The number of benzene rings is 3. The molecule has 5 heterocycles. The predicted molar refractivity (Wildman–Crippen MR) is 235 cm³/mol. The monoisotopic (exact) mass is 1110 g/mol. The molecule has 2 N–H and O–H groups in total. The van der Waals surface area contributed by atoms with E-state index in [1.165, 1.54) is 24.3 Å². The Morgan fingerprint density at radius 3 is 1.27 bits per heavy atom. The van der Waals surface area contributed by atoms with E-state index in [0.717, 1.165) is 46.5 Å². The summed E-state index contributed by atoms with van der Waals surface area (Å²) in [6.45, 7) is -3.37. The molecule has 3 aromatic carbocycles. The second-order valence-electron chi connectivity index (χ2n) is 16.0. The highest BCUT2D eigenvalue weighted by Gasteiger charge is 2.61. The fraction of sp³-hybridized carbons (Fsp3) is 0.333. The third-order valence-corrected chi connectivity index (χ3v) is 14.3. The topological polar surface area (TPSA) is 121 Å². The van der Waals surface area contributed by atoms with Gasteiger partial charge in [0.15, 0.2) is 11.4 Å². The van der Waals surface area contributed by atoms with Crippen molar-refractivity contribution in [2.45, 2.75) is 61.5 Å². The minimum absolute atomic E-state index is 0.0431. The average molecular weight is 1120 g/mol. The summed E-state index contributed by atoms with van der Waals surface area (Å²) in [6, 6.07) is 9.95. The lowest BCUT2D eigenvalue weighted by atomic mass is 9.79. The Labute approximate surface area is 417 Å². The van der Waals surface area contributed by atoms with E-state index in [2.05, 4.69) is 19.9 Å². The molecule has 3 aliphatic heterocycles. The summed E-state index contributed by atoms with van der Waals surface area (Å²) < 4.78 is 168. The van der Waals surface area contributed by atoms with Gasteiger partial charge in [0.05, 0.1) is 47.8 Å². The first kappa shape index (κ1) is 53.2. The smallest absolute Gasteiger partial charge is 0.340 e. The number of carbonyl (C=O) groups excluding carboxylic acids is 2. The molecule has 2 unspecified atom stereocenters. The van der Waals surface area contributed by atoms with E-state index in [9.17, 15) is 62.3 Å². The molecule has 2 amide bonds. The molecule has 2 atom stereocenters. The summed E-state index contributed by atoms with van der Waals surface area (Å²) in [6.07, 6.45) is -18.9. The van der Waals surface area contributed by atoms with Crippen LogP contribution < -0.4 is 15.5 Å². The number of fused-ring (bicyclic) bond motifs is 1. The molecule has 0 spiro atoms. The molecular weight excluding hydrogens is 1090 g/mol. The number of alkyl halides is 12. The second kappa shape index (κ2) is 19.1. The van der Waals surface area contributed by atoms with Crippen molar-refractivity contribution in [2.24, 2.45) is 5.73 Å². The van der Waals surface area contributed by atoms with Crippen LogP contribution in [0.3, 0.4) is 0 Å². The Morgan fingerprint density at radius 1 is 0.571 bits per heavy atom. The summed E-state index contributed by atoms with van der Waals surface area (Å²) in [5.74, 6) is -2.65. The van der Waals surface area contributed by atoms with E-state index in [1.807, 2.05) is 0 Å². The van der Waals surface area contributed by atoms with Gasteiger partial charge < -0.3 is 15.5 Å². The molecule has 2 saturated heterocycles. The summed E-state index contributed by atoms with van der Waals surface area (Å²) in [5, 5.41) is -0.970. The number of imide groups is 1. The largest absolute Gasteiger partial charge is 0.433 e. The van der Waals surface area contributed by atoms with Gasteiger partial charge in [-0.25, -0.2) is 19.9 Å². The molecule has 374 valence electrons. The zero-order chi connectivity index (χ0) is 51.7. The number of rotatable bonds is 7. The number of nitrogens with zero attached hydrogens (tertiary/aromatic N) is 7. The van der Waals surface area contributed by atoms with Gasteiger partial charge in [0, 0.05) is 56.2 Å². The fourth-order valence-electron chi connectivity index (χ4n) is 8.29. The summed E-state index contributed by atoms with van der Waals surface area (Å²) in [5.41, 5.74) is -3.88. The lowest BCUT2D eigenvalue weighted by Crippen LogP contribution is -2.45. The molecule has 28 heteroatoms. The van der Waals surface area contributed by atoms with Gasteiger partial charge in [-0.1, -0.05) is 81.7 Å². The van der Waals surface area contributed by atoms with Crippen LogP contribution in [0.25, 0.3) is 0 Å². The molecule has 5 aromatic rings. The quantitative estimate of drug-likeness (QED) is 0.0964. The zero-order valence-corrected chi connectivity index (χ0v) is 39.3. The highest BCUT2D eigenvalue weighted by Crippen LogP contribution is 2.52. The van der Waals surface area contributed by atoms with Crippen LogP contribution >= 0.6 is 69.6 Å². The number of aromatic nitrogens is 4. The number of carbonyl (C=O) groups is 2. The van der Waals surface area contributed by atoms with Gasteiger partial charge in [0.2, 0.25) is 11.9 Å². The van der Waals surface area contributed by atoms with Crippen LogP contribution in [0.2, 0.25) is 30.1 Å². The van der Waals surface area contributed by atoms with Gasteiger partial charge in [-0.3, -0.25) is 14.5 Å². The molecule has 2 aromatic heterocycles. The molecule has 0 bridgehead atoms. The van der Waals surface area contributed by atoms with E-state index < -0.39 is 115 Å². The van der Waals surface area contributed by atoms with Crippen molar-refractivity contribution in [3.05, 3.63) is 136 Å². The van der Waals surface area contributed by atoms with Crippen molar-refractivity contribution in [1.82, 2.24) is 24.8 Å². The number of nitrogens with two attached hydrogens (primary N) is 1. The first-order chi connectivity index (χ1) is 32.4. The molecule has 0 radical (unpaired) electrons. The van der Waals surface area contributed by atoms with Gasteiger partial charge in [-0.2, -0.15) is 52.7 Å². The summed E-state index contributed by atoms with van der Waals surface area (Å²) in [4.78, 5) is 42.7. The highest BCUT2D eigenvalue weighted by atomic mass is 35.5. The van der Waals surface area contributed by atoms with Crippen LogP contribution in [-0.2, 0) is 36.3 Å². The van der Waals surface area contributed by atoms with Crippen molar-refractivity contribution in [2.75, 3.05) is 36.0 Å². The maximum atomic E-state index is 14.5. The summed E-state index contributed by atoms with van der Waals surface area (Å²) >= 11 is 35.5. The fourth-order valence-corrected chi connectivity index (χ4v) is 9.49. The van der Waals surface area contributed by atoms with Crippen molar-refractivity contribution in [3.63, 3.8) is 0 Å². The van der Waals surface area contributed by atoms with Crippen LogP contribution in [0, 0.1) is 0 Å². The maximum Gasteiger partial charge on any atom is 0.433 e. The van der Waals surface area contributed by atoms with Crippen molar-refractivity contribution in [1.29, 1.82) is 0 Å². The van der Waals surface area contributed by atoms with Crippen molar-refractivity contribution in [3.8, 4) is 0 Å². The lowest BCUT2D eigenvalue weighted by molar-refractivity contribution is -0.185. The minimum atomic E-state index is -5.07. The first-order valence-corrected chi connectivity index (χ1v) is 22.2. The highest BCUT2D eigenvalue weighted by molar-refractivity contribution is 6.48. The normalized spacial score (nSPS) is 19.8. The van der Waals surface area contributed by atoms with Crippen LogP contribution in [0.4, 0.5) is 64.6 Å². The Hall–Kier alpha value is -4.58. The van der Waals surface area contributed by atoms with Crippen molar-refractivity contribution < 1.29 is 62.3 Å². The van der Waals surface area contributed by atoms with E-state index in [0.29, 0.717) is 4.90 Å². The molecule has 0 aliphatic carbocycles. The van der Waals surface area contributed by atoms with Crippen LogP contribution in [0.5, 0.6) is 0 Å². The third kappa shape index (κ3) is 9.85. The van der Waals surface area contributed by atoms with Crippen LogP contribution in [0.1, 0.15) is 67.2 Å². The number of anilines is 2. The first-order valence-electron chi connectivity index (χ1n) is 19.9. The molecular formula is C42H28Cl6F12N8O2. The lowest BCUT2D eigenvalue weighted by Gasteiger charge is -2.32. The average Bonchev–Trinajstić information content (AvgIpc) is 4.01. The van der Waals surface area contributed by atoms with Crippen LogP contribution in [0.15, 0.2) is 60.9 Å². The van der Waals surface area contributed by atoms with E-state index >= 15 is 0 Å². The van der Waals surface area contributed by atoms with Gasteiger partial charge in [0.1, 0.15) is 10.8 Å². The van der Waals surface area contributed by atoms with Gasteiger partial charge >= 0.3 is 24.7 Å². The van der Waals surface area contributed by atoms with Gasteiger partial charge in [-0.15, -0.1) is 0 Å². The van der Waals surface area contributed by atoms with Gasteiger partial charge in [-0.05, 0) is 60.4 Å². The maximum absolute atomic E-state index is 14.5. The molecule has 10 nitrogen and oxygen atoms in total. The number of amides is 2. The van der Waals surface area contributed by atoms with Crippen molar-refractivity contribution >= 4 is 93.3 Å². The Bertz CT molecular complexity index is 2810. The number of halogens is 18. The molecule has 70 heavy (non-hydrogen) atoms. The van der Waals surface area contributed by atoms with E-state index in [4.69, 9.17) is 75.3 Å². The minimum Gasteiger partial charge on any atom is -0.340 e. The van der Waals surface area contributed by atoms with E-state index in [1.54, 1.807) is 0 Å². The van der Waals surface area contributed by atoms with Crippen LogP contribution in [-0.4, -0.2) is 75.2 Å². The molecule has 3 aliphatic rings. The Morgan fingerprint density at radius 2 is 0.929 bits per heavy atom. The zero-order valence-electron chi connectivity index (χ0n) is 34.8. The molecule has 0 saturated carbocycles. The second-order valence-corrected chi connectivity index (χ2v) is 18.4. The summed E-state index contributed by atoms with van der Waals surface area (Å²) in [7, 11) is 0. The van der Waals surface area contributed by atoms with Gasteiger partial charge in [0.25, 0.3) is 11.8 Å². The third-order valence-electron chi connectivity index (χ3n) is 11.9.